The van der Waals surface area contributed by atoms with Gasteiger partial charge in [0, 0.05) is 25.4 Å². The molecule has 1 aliphatic rings. The lowest BCUT2D eigenvalue weighted by Crippen LogP contribution is -2.42. The Kier molecular flexibility index (Phi) is 3.74. The second kappa shape index (κ2) is 5.69. The number of aliphatic hydroxyl groups is 1. The molecule has 0 aliphatic carbocycles. The minimum absolute atomic E-state index is 0.194. The van der Waals surface area contributed by atoms with E-state index in [9.17, 15) is 9.90 Å². The molecule has 7 nitrogen and oxygen atoms in total. The van der Waals surface area contributed by atoms with Crippen LogP contribution >= 0.6 is 0 Å². The van der Waals surface area contributed by atoms with E-state index in [1.54, 1.807) is 21.8 Å². The molecule has 0 saturated carbocycles. The third kappa shape index (κ3) is 3.13. The highest BCUT2D eigenvalue weighted by Gasteiger charge is 2.25. The van der Waals surface area contributed by atoms with Crippen LogP contribution < -0.4 is 0 Å². The summed E-state index contributed by atoms with van der Waals surface area (Å²) >= 11 is 0. The summed E-state index contributed by atoms with van der Waals surface area (Å²) in [7, 11) is 0. The molecule has 1 fully saturated rings. The first kappa shape index (κ1) is 13.8. The summed E-state index contributed by atoms with van der Waals surface area (Å²) in [4.78, 5) is 13.9. The van der Waals surface area contributed by atoms with Gasteiger partial charge < -0.3 is 14.5 Å². The van der Waals surface area contributed by atoms with Crippen LogP contribution in [0.15, 0.2) is 23.0 Å². The summed E-state index contributed by atoms with van der Waals surface area (Å²) in [5, 5.41) is 17.6. The predicted octanol–water partition coefficient (Wildman–Crippen LogP) is 0.825. The number of piperidine rings is 1. The van der Waals surface area contributed by atoms with Crippen LogP contribution in [0, 0.1) is 6.92 Å². The predicted molar refractivity (Wildman–Crippen MR) is 73.7 cm³/mol. The lowest BCUT2D eigenvalue weighted by Gasteiger charge is -2.29. The van der Waals surface area contributed by atoms with Crippen molar-refractivity contribution in [2.45, 2.75) is 32.4 Å². The molecule has 0 bridgehead atoms. The van der Waals surface area contributed by atoms with E-state index in [0.717, 1.165) is 18.4 Å². The van der Waals surface area contributed by atoms with Crippen molar-refractivity contribution < 1.29 is 14.4 Å². The maximum absolute atomic E-state index is 12.3. The molecule has 1 saturated heterocycles. The summed E-state index contributed by atoms with van der Waals surface area (Å²) in [6.07, 6.45) is 4.76. The van der Waals surface area contributed by atoms with Gasteiger partial charge in [0.25, 0.3) is 5.91 Å². The van der Waals surface area contributed by atoms with Crippen molar-refractivity contribution in [3.8, 4) is 0 Å². The number of carbonyl (C=O) groups excluding carboxylic acids is 1. The van der Waals surface area contributed by atoms with Crippen molar-refractivity contribution in [2.24, 2.45) is 0 Å². The summed E-state index contributed by atoms with van der Waals surface area (Å²) in [5.41, 5.74) is 1.34. The van der Waals surface area contributed by atoms with Gasteiger partial charge in [-0.25, -0.2) is 0 Å². The quantitative estimate of drug-likeness (QED) is 0.905. The number of aliphatic hydroxyl groups excluding tert-OH is 1. The number of aryl methyl sites for hydroxylation is 1. The first-order valence-corrected chi connectivity index (χ1v) is 7.04. The third-order valence-electron chi connectivity index (χ3n) is 3.54. The van der Waals surface area contributed by atoms with E-state index in [0.29, 0.717) is 25.4 Å². The average Bonchev–Trinajstić information content (AvgIpc) is 3.08. The number of aromatic nitrogens is 3. The molecule has 3 rings (SSSR count). The normalized spacial score (nSPS) is 19.0. The van der Waals surface area contributed by atoms with Crippen LogP contribution in [0.3, 0.4) is 0 Å². The van der Waals surface area contributed by atoms with Crippen LogP contribution in [0.5, 0.6) is 0 Å². The summed E-state index contributed by atoms with van der Waals surface area (Å²) in [5.74, 6) is 0.388. The first-order chi connectivity index (χ1) is 10.1. The molecule has 1 N–H and O–H groups in total. The van der Waals surface area contributed by atoms with Crippen LogP contribution in [0.2, 0.25) is 0 Å². The molecule has 0 radical (unpaired) electrons. The van der Waals surface area contributed by atoms with E-state index < -0.39 is 6.10 Å². The standard InChI is InChI=1S/C14H18N4O3/c1-10-6-15-18(7-10)9-12-5-13(16-21-12)14(20)17-4-2-3-11(19)8-17/h5-7,11,19H,2-4,8-9H2,1H3. The molecule has 0 aromatic carbocycles. The van der Waals surface area contributed by atoms with Gasteiger partial charge in [-0.05, 0) is 25.3 Å². The van der Waals surface area contributed by atoms with E-state index in [1.807, 2.05) is 13.1 Å². The van der Waals surface area contributed by atoms with Crippen LogP contribution in [0.25, 0.3) is 0 Å². The molecule has 1 amide bonds. The Morgan fingerprint density at radius 3 is 3.14 bits per heavy atom. The van der Waals surface area contributed by atoms with Gasteiger partial charge in [0.1, 0.15) is 6.54 Å². The van der Waals surface area contributed by atoms with Crippen molar-refractivity contribution in [1.82, 2.24) is 19.8 Å². The van der Waals surface area contributed by atoms with Crippen LogP contribution in [0.4, 0.5) is 0 Å². The molecular weight excluding hydrogens is 272 g/mol. The second-order valence-corrected chi connectivity index (χ2v) is 5.44. The van der Waals surface area contributed by atoms with Gasteiger partial charge in [0.2, 0.25) is 0 Å². The topological polar surface area (TPSA) is 84.4 Å². The molecular formula is C14H18N4O3. The highest BCUT2D eigenvalue weighted by molar-refractivity contribution is 5.92. The van der Waals surface area contributed by atoms with E-state index >= 15 is 0 Å². The molecule has 1 atom stereocenters. The molecule has 1 unspecified atom stereocenters. The number of rotatable bonds is 3. The molecule has 7 heteroatoms. The largest absolute Gasteiger partial charge is 0.391 e. The highest BCUT2D eigenvalue weighted by atomic mass is 16.5. The molecule has 2 aromatic heterocycles. The van der Waals surface area contributed by atoms with Gasteiger partial charge in [-0.3, -0.25) is 9.48 Å². The Balaban J connectivity index is 1.68. The van der Waals surface area contributed by atoms with E-state index in [2.05, 4.69) is 10.3 Å². The van der Waals surface area contributed by atoms with Crippen molar-refractivity contribution in [3.63, 3.8) is 0 Å². The van der Waals surface area contributed by atoms with Crippen molar-refractivity contribution in [2.75, 3.05) is 13.1 Å². The Hall–Kier alpha value is -2.15. The first-order valence-electron chi connectivity index (χ1n) is 7.04. The highest BCUT2D eigenvalue weighted by Crippen LogP contribution is 2.14. The summed E-state index contributed by atoms with van der Waals surface area (Å²) < 4.78 is 6.93. The van der Waals surface area contributed by atoms with Crippen molar-refractivity contribution in [3.05, 3.63) is 35.5 Å². The van der Waals surface area contributed by atoms with Gasteiger partial charge in [-0.2, -0.15) is 5.10 Å². The number of hydrogen-bond acceptors (Lipinski definition) is 5. The SMILES string of the molecule is Cc1cnn(Cc2cc(C(=O)N3CCCC(O)C3)no2)c1. The number of hydrogen-bond donors (Lipinski definition) is 1. The zero-order valence-corrected chi connectivity index (χ0v) is 11.9. The smallest absolute Gasteiger partial charge is 0.276 e. The number of likely N-dealkylation sites (tertiary alicyclic amines) is 1. The molecule has 3 heterocycles. The lowest BCUT2D eigenvalue weighted by atomic mass is 10.1. The zero-order valence-electron chi connectivity index (χ0n) is 11.9. The fourth-order valence-corrected chi connectivity index (χ4v) is 2.50. The molecule has 1 aliphatic heterocycles. The van der Waals surface area contributed by atoms with Crippen LogP contribution in [0.1, 0.15) is 34.7 Å². The van der Waals surface area contributed by atoms with Crippen LogP contribution in [-0.2, 0) is 6.54 Å². The number of carbonyl (C=O) groups is 1. The number of nitrogens with zero attached hydrogens (tertiary/aromatic N) is 4. The average molecular weight is 290 g/mol. The van der Waals surface area contributed by atoms with Crippen molar-refractivity contribution >= 4 is 5.91 Å². The van der Waals surface area contributed by atoms with Gasteiger partial charge in [0.15, 0.2) is 11.5 Å². The maximum Gasteiger partial charge on any atom is 0.276 e. The van der Waals surface area contributed by atoms with Gasteiger partial charge in [-0.15, -0.1) is 0 Å². The van der Waals surface area contributed by atoms with Gasteiger partial charge >= 0.3 is 0 Å². The Morgan fingerprint density at radius 1 is 1.57 bits per heavy atom. The van der Waals surface area contributed by atoms with E-state index in [-0.39, 0.29) is 11.6 Å². The zero-order chi connectivity index (χ0) is 14.8. The fourth-order valence-electron chi connectivity index (χ4n) is 2.50. The Labute approximate surface area is 122 Å². The minimum Gasteiger partial charge on any atom is -0.391 e. The maximum atomic E-state index is 12.3. The molecule has 0 spiro atoms. The molecule has 21 heavy (non-hydrogen) atoms. The van der Waals surface area contributed by atoms with E-state index in [1.165, 1.54) is 0 Å². The third-order valence-corrected chi connectivity index (χ3v) is 3.54. The minimum atomic E-state index is -0.443. The van der Waals surface area contributed by atoms with Gasteiger partial charge in [-0.1, -0.05) is 5.16 Å². The molecule has 2 aromatic rings. The summed E-state index contributed by atoms with van der Waals surface area (Å²) in [6, 6.07) is 1.64. The van der Waals surface area contributed by atoms with Crippen molar-refractivity contribution in [1.29, 1.82) is 0 Å². The number of β-amino-alcohol motifs (C(OH)–C–C–N with tert-alkyl or cyclic N) is 1. The Morgan fingerprint density at radius 2 is 2.43 bits per heavy atom. The van der Waals surface area contributed by atoms with Gasteiger partial charge in [0.05, 0.1) is 12.3 Å². The van der Waals surface area contributed by atoms with Crippen LogP contribution in [-0.4, -0.2) is 50.0 Å². The summed E-state index contributed by atoms with van der Waals surface area (Å²) in [6.45, 7) is 3.41. The van der Waals surface area contributed by atoms with E-state index in [4.69, 9.17) is 4.52 Å². The molecule has 112 valence electrons. The fraction of sp³-hybridized carbons (Fsp3) is 0.500. The lowest BCUT2D eigenvalue weighted by molar-refractivity contribution is 0.0465. The monoisotopic (exact) mass is 290 g/mol. The second-order valence-electron chi connectivity index (χ2n) is 5.44. The Bertz CT molecular complexity index is 634. The number of amides is 1.